The van der Waals surface area contributed by atoms with Gasteiger partial charge in [0.1, 0.15) is 5.75 Å². The molecule has 5 nitrogen and oxygen atoms in total. The van der Waals surface area contributed by atoms with E-state index < -0.39 is 0 Å². The molecule has 0 aliphatic carbocycles. The molecule has 2 heterocycles. The molecule has 160 valence electrons. The lowest BCUT2D eigenvalue weighted by molar-refractivity contribution is 0.0938. The molecule has 2 aliphatic rings. The molecule has 2 saturated heterocycles. The SMILES string of the molecule is COc1cccc(C(CNC(=O)c2cc(C)ccc2N2CCCC2)N2CCCC2)c1. The Labute approximate surface area is 180 Å². The number of aryl methyl sites for hydroxylation is 1. The Bertz CT molecular complexity index is 870. The number of hydrogen-bond acceptors (Lipinski definition) is 4. The van der Waals surface area contributed by atoms with Gasteiger partial charge >= 0.3 is 0 Å². The van der Waals surface area contributed by atoms with Crippen molar-refractivity contribution in [1.82, 2.24) is 10.2 Å². The highest BCUT2D eigenvalue weighted by Crippen LogP contribution is 2.29. The predicted molar refractivity (Wildman–Crippen MR) is 122 cm³/mol. The summed E-state index contributed by atoms with van der Waals surface area (Å²) in [6, 6.07) is 14.6. The number of likely N-dealkylation sites (tertiary alicyclic amines) is 1. The Morgan fingerprint density at radius 3 is 2.50 bits per heavy atom. The third kappa shape index (κ3) is 4.62. The van der Waals surface area contributed by atoms with Crippen molar-refractivity contribution in [1.29, 1.82) is 0 Å². The maximum atomic E-state index is 13.3. The Balaban J connectivity index is 1.53. The molecule has 1 unspecified atom stereocenters. The highest BCUT2D eigenvalue weighted by atomic mass is 16.5. The Morgan fingerprint density at radius 2 is 1.77 bits per heavy atom. The maximum absolute atomic E-state index is 13.3. The molecule has 0 spiro atoms. The molecule has 2 aromatic rings. The highest BCUT2D eigenvalue weighted by Gasteiger charge is 2.26. The summed E-state index contributed by atoms with van der Waals surface area (Å²) >= 11 is 0. The zero-order valence-corrected chi connectivity index (χ0v) is 18.2. The number of ether oxygens (including phenoxy) is 1. The van der Waals surface area contributed by atoms with Crippen LogP contribution in [0, 0.1) is 6.92 Å². The van der Waals surface area contributed by atoms with Gasteiger partial charge in [-0.05, 0) is 75.5 Å². The van der Waals surface area contributed by atoms with Gasteiger partial charge in [0.25, 0.3) is 5.91 Å². The summed E-state index contributed by atoms with van der Waals surface area (Å²) in [6.45, 7) is 6.85. The third-order valence-corrected chi connectivity index (χ3v) is 6.36. The second-order valence-corrected chi connectivity index (χ2v) is 8.46. The predicted octanol–water partition coefficient (Wildman–Crippen LogP) is 4.17. The Morgan fingerprint density at radius 1 is 1.03 bits per heavy atom. The van der Waals surface area contributed by atoms with Gasteiger partial charge in [-0.15, -0.1) is 0 Å². The standard InChI is InChI=1S/C25H33N3O2/c1-19-10-11-23(27-12-3-4-13-27)22(16-19)25(29)26-18-24(28-14-5-6-15-28)20-8-7-9-21(17-20)30-2/h7-11,16-17,24H,3-6,12-15,18H2,1-2H3,(H,26,29). The van der Waals surface area contributed by atoms with Crippen molar-refractivity contribution in [2.75, 3.05) is 44.7 Å². The van der Waals surface area contributed by atoms with Crippen molar-refractivity contribution >= 4 is 11.6 Å². The zero-order valence-electron chi connectivity index (χ0n) is 18.2. The van der Waals surface area contributed by atoms with Crippen molar-refractivity contribution in [3.8, 4) is 5.75 Å². The fourth-order valence-electron chi connectivity index (χ4n) is 4.71. The summed E-state index contributed by atoms with van der Waals surface area (Å²) in [6.07, 6.45) is 4.82. The number of amides is 1. The van der Waals surface area contributed by atoms with Crippen molar-refractivity contribution in [3.05, 3.63) is 59.2 Å². The monoisotopic (exact) mass is 407 g/mol. The Hall–Kier alpha value is -2.53. The van der Waals surface area contributed by atoms with Crippen molar-refractivity contribution in [3.63, 3.8) is 0 Å². The van der Waals surface area contributed by atoms with Gasteiger partial charge in [0.05, 0.1) is 18.7 Å². The van der Waals surface area contributed by atoms with Crippen molar-refractivity contribution in [2.45, 2.75) is 38.6 Å². The van der Waals surface area contributed by atoms with Crippen LogP contribution in [0.3, 0.4) is 0 Å². The average Bonchev–Trinajstić information content (AvgIpc) is 3.48. The first-order valence-electron chi connectivity index (χ1n) is 11.2. The van der Waals surface area contributed by atoms with Crippen LogP contribution in [-0.2, 0) is 0 Å². The van der Waals surface area contributed by atoms with Crippen LogP contribution in [0.25, 0.3) is 0 Å². The fraction of sp³-hybridized carbons (Fsp3) is 0.480. The lowest BCUT2D eigenvalue weighted by Crippen LogP contribution is -2.37. The number of anilines is 1. The van der Waals surface area contributed by atoms with Crippen molar-refractivity contribution in [2.24, 2.45) is 0 Å². The summed E-state index contributed by atoms with van der Waals surface area (Å²) < 4.78 is 5.44. The van der Waals surface area contributed by atoms with Gasteiger partial charge < -0.3 is 15.0 Å². The number of nitrogens with one attached hydrogen (secondary N) is 1. The molecule has 2 aliphatic heterocycles. The van der Waals surface area contributed by atoms with Crippen LogP contribution in [0.2, 0.25) is 0 Å². The van der Waals surface area contributed by atoms with Gasteiger partial charge in [-0.2, -0.15) is 0 Å². The Kier molecular flexibility index (Phi) is 6.58. The number of benzene rings is 2. The van der Waals surface area contributed by atoms with Gasteiger partial charge in [0, 0.05) is 25.3 Å². The summed E-state index contributed by atoms with van der Waals surface area (Å²) in [5.41, 5.74) is 4.17. The van der Waals surface area contributed by atoms with Gasteiger partial charge in [-0.25, -0.2) is 0 Å². The fourth-order valence-corrected chi connectivity index (χ4v) is 4.71. The second-order valence-electron chi connectivity index (χ2n) is 8.46. The minimum Gasteiger partial charge on any atom is -0.497 e. The number of nitrogens with zero attached hydrogens (tertiary/aromatic N) is 2. The van der Waals surface area contributed by atoms with E-state index in [0.29, 0.717) is 6.54 Å². The number of carbonyl (C=O) groups is 1. The minimum absolute atomic E-state index is 0.0210. The molecule has 1 N–H and O–H groups in total. The lowest BCUT2D eigenvalue weighted by atomic mass is 10.0. The summed E-state index contributed by atoms with van der Waals surface area (Å²) in [5, 5.41) is 3.25. The highest BCUT2D eigenvalue weighted by molar-refractivity contribution is 6.00. The van der Waals surface area contributed by atoms with E-state index in [4.69, 9.17) is 4.74 Å². The minimum atomic E-state index is 0.0210. The van der Waals surface area contributed by atoms with E-state index in [9.17, 15) is 4.79 Å². The van der Waals surface area contributed by atoms with E-state index in [-0.39, 0.29) is 11.9 Å². The molecular weight excluding hydrogens is 374 g/mol. The molecule has 0 saturated carbocycles. The van der Waals surface area contributed by atoms with E-state index >= 15 is 0 Å². The van der Waals surface area contributed by atoms with Gasteiger partial charge in [-0.1, -0.05) is 23.8 Å². The first-order valence-corrected chi connectivity index (χ1v) is 11.2. The summed E-state index contributed by atoms with van der Waals surface area (Å²) in [7, 11) is 1.70. The van der Waals surface area contributed by atoms with Gasteiger partial charge in [-0.3, -0.25) is 9.69 Å². The van der Waals surface area contributed by atoms with Crippen LogP contribution in [0.1, 0.15) is 53.2 Å². The molecule has 4 rings (SSSR count). The molecule has 0 radical (unpaired) electrons. The molecule has 0 bridgehead atoms. The molecule has 30 heavy (non-hydrogen) atoms. The molecule has 5 heteroatoms. The second kappa shape index (κ2) is 9.52. The smallest absolute Gasteiger partial charge is 0.253 e. The molecular formula is C25H33N3O2. The van der Waals surface area contributed by atoms with E-state index in [1.165, 1.54) is 31.2 Å². The van der Waals surface area contributed by atoms with Crippen LogP contribution in [0.5, 0.6) is 5.75 Å². The summed E-state index contributed by atoms with van der Waals surface area (Å²) in [5.74, 6) is 0.880. The van der Waals surface area contributed by atoms with E-state index in [0.717, 1.165) is 48.7 Å². The number of methoxy groups -OCH3 is 1. The quantitative estimate of drug-likeness (QED) is 0.748. The van der Waals surface area contributed by atoms with E-state index in [1.54, 1.807) is 7.11 Å². The molecule has 2 aromatic carbocycles. The van der Waals surface area contributed by atoms with Crippen LogP contribution in [-0.4, -0.2) is 50.6 Å². The van der Waals surface area contributed by atoms with Crippen LogP contribution in [0.4, 0.5) is 5.69 Å². The van der Waals surface area contributed by atoms with Gasteiger partial charge in [0.15, 0.2) is 0 Å². The number of hydrogen-bond donors (Lipinski definition) is 1. The maximum Gasteiger partial charge on any atom is 0.253 e. The third-order valence-electron chi connectivity index (χ3n) is 6.36. The van der Waals surface area contributed by atoms with Crippen LogP contribution >= 0.6 is 0 Å². The van der Waals surface area contributed by atoms with Crippen molar-refractivity contribution < 1.29 is 9.53 Å². The van der Waals surface area contributed by atoms with Crippen LogP contribution < -0.4 is 15.0 Å². The topological polar surface area (TPSA) is 44.8 Å². The average molecular weight is 408 g/mol. The summed E-state index contributed by atoms with van der Waals surface area (Å²) in [4.78, 5) is 18.1. The molecule has 2 fully saturated rings. The number of rotatable bonds is 7. The first-order chi connectivity index (χ1) is 14.7. The number of carbonyl (C=O) groups excluding carboxylic acids is 1. The van der Waals surface area contributed by atoms with E-state index in [1.807, 2.05) is 25.1 Å². The normalized spacial score (nSPS) is 17.9. The zero-order chi connectivity index (χ0) is 20.9. The first kappa shape index (κ1) is 20.7. The van der Waals surface area contributed by atoms with E-state index in [2.05, 4.69) is 39.4 Å². The largest absolute Gasteiger partial charge is 0.497 e. The lowest BCUT2D eigenvalue weighted by Gasteiger charge is -2.29. The molecule has 0 aromatic heterocycles. The molecule has 1 atom stereocenters. The molecule has 1 amide bonds. The van der Waals surface area contributed by atoms with Crippen LogP contribution in [0.15, 0.2) is 42.5 Å². The van der Waals surface area contributed by atoms with Gasteiger partial charge in [0.2, 0.25) is 0 Å².